The highest BCUT2D eigenvalue weighted by Gasteiger charge is 2.17. The van der Waals surface area contributed by atoms with E-state index in [-0.39, 0.29) is 0 Å². The third-order valence-electron chi connectivity index (χ3n) is 4.21. The molecule has 1 saturated heterocycles. The lowest BCUT2D eigenvalue weighted by Crippen LogP contribution is -2.42. The Kier molecular flexibility index (Phi) is 5.41. The molecular formula is C17H28N2. The summed E-state index contributed by atoms with van der Waals surface area (Å²) in [7, 11) is 0. The minimum atomic E-state index is 0.703. The third-order valence-corrected chi connectivity index (χ3v) is 4.21. The van der Waals surface area contributed by atoms with Crippen LogP contribution in [0.25, 0.3) is 0 Å². The lowest BCUT2D eigenvalue weighted by atomic mass is 10.0. The summed E-state index contributed by atoms with van der Waals surface area (Å²) in [5.41, 5.74) is 4.21. The highest BCUT2D eigenvalue weighted by atomic mass is 15.1. The van der Waals surface area contributed by atoms with E-state index >= 15 is 0 Å². The molecular weight excluding hydrogens is 232 g/mol. The first-order valence-electron chi connectivity index (χ1n) is 7.71. The second kappa shape index (κ2) is 7.06. The minimum absolute atomic E-state index is 0.703. The smallest absolute Gasteiger partial charge is 0.0210 e. The van der Waals surface area contributed by atoms with Crippen molar-refractivity contribution in [1.82, 2.24) is 10.2 Å². The predicted octanol–water partition coefficient (Wildman–Crippen LogP) is 3.27. The van der Waals surface area contributed by atoms with E-state index in [1.807, 2.05) is 0 Å². The molecule has 1 aromatic carbocycles. The van der Waals surface area contributed by atoms with Crippen LogP contribution in [0.4, 0.5) is 0 Å². The van der Waals surface area contributed by atoms with Crippen LogP contribution in [0.3, 0.4) is 0 Å². The van der Waals surface area contributed by atoms with Gasteiger partial charge in [-0.1, -0.05) is 30.7 Å². The lowest BCUT2D eigenvalue weighted by molar-refractivity contribution is 0.197. The fraction of sp³-hybridized carbons (Fsp3) is 0.647. The first-order valence-corrected chi connectivity index (χ1v) is 7.71. The highest BCUT2D eigenvalue weighted by Crippen LogP contribution is 2.14. The molecule has 0 aliphatic carbocycles. The first-order chi connectivity index (χ1) is 9.19. The number of hydrogen-bond acceptors (Lipinski definition) is 2. The molecule has 1 fully saturated rings. The monoisotopic (exact) mass is 260 g/mol. The van der Waals surface area contributed by atoms with Crippen molar-refractivity contribution in [2.75, 3.05) is 19.6 Å². The van der Waals surface area contributed by atoms with Gasteiger partial charge in [0.2, 0.25) is 0 Å². The van der Waals surface area contributed by atoms with Crippen LogP contribution in [0.1, 0.15) is 42.9 Å². The van der Waals surface area contributed by atoms with Gasteiger partial charge in [-0.05, 0) is 63.9 Å². The summed E-state index contributed by atoms with van der Waals surface area (Å²) in [6.45, 7) is 11.5. The molecule has 1 aromatic rings. The number of rotatable bonds is 5. The maximum Gasteiger partial charge on any atom is 0.0210 e. The summed E-state index contributed by atoms with van der Waals surface area (Å²) in [6, 6.07) is 7.47. The van der Waals surface area contributed by atoms with E-state index in [0.29, 0.717) is 6.04 Å². The Morgan fingerprint density at radius 2 is 1.95 bits per heavy atom. The van der Waals surface area contributed by atoms with E-state index < -0.39 is 0 Å². The fourth-order valence-corrected chi connectivity index (χ4v) is 2.98. The second-order valence-electron chi connectivity index (χ2n) is 5.93. The van der Waals surface area contributed by atoms with Gasteiger partial charge in [-0.15, -0.1) is 0 Å². The van der Waals surface area contributed by atoms with Crippen molar-refractivity contribution in [2.24, 2.45) is 0 Å². The van der Waals surface area contributed by atoms with E-state index in [2.05, 4.69) is 49.2 Å². The number of hydrogen-bond donors (Lipinski definition) is 1. The maximum absolute atomic E-state index is 3.73. The van der Waals surface area contributed by atoms with Crippen molar-refractivity contribution in [1.29, 1.82) is 0 Å². The molecule has 2 rings (SSSR count). The van der Waals surface area contributed by atoms with Gasteiger partial charge < -0.3 is 10.2 Å². The number of nitrogens with zero attached hydrogens (tertiary/aromatic N) is 1. The van der Waals surface area contributed by atoms with Gasteiger partial charge in [0.15, 0.2) is 0 Å². The molecule has 0 saturated carbocycles. The summed E-state index contributed by atoms with van der Waals surface area (Å²) in [6.07, 6.45) is 3.87. The van der Waals surface area contributed by atoms with Crippen molar-refractivity contribution in [3.05, 3.63) is 34.9 Å². The Morgan fingerprint density at radius 1 is 1.21 bits per heavy atom. The third kappa shape index (κ3) is 4.32. The number of likely N-dealkylation sites (tertiary alicyclic amines) is 1. The van der Waals surface area contributed by atoms with Crippen molar-refractivity contribution >= 4 is 0 Å². The number of nitrogens with one attached hydrogen (secondary N) is 1. The molecule has 0 spiro atoms. The Hall–Kier alpha value is -0.860. The lowest BCUT2D eigenvalue weighted by Gasteiger charge is -2.32. The van der Waals surface area contributed by atoms with Crippen LogP contribution in [0.2, 0.25) is 0 Å². The van der Waals surface area contributed by atoms with E-state index in [4.69, 9.17) is 0 Å². The van der Waals surface area contributed by atoms with Crippen LogP contribution in [0.15, 0.2) is 18.2 Å². The molecule has 2 heteroatoms. The summed E-state index contributed by atoms with van der Waals surface area (Å²) >= 11 is 0. The molecule has 0 unspecified atom stereocenters. The fourth-order valence-electron chi connectivity index (χ4n) is 2.98. The Labute approximate surface area is 118 Å². The molecule has 19 heavy (non-hydrogen) atoms. The number of benzene rings is 1. The molecule has 2 nitrogen and oxygen atoms in total. The van der Waals surface area contributed by atoms with Gasteiger partial charge in [0.1, 0.15) is 0 Å². The van der Waals surface area contributed by atoms with Crippen molar-refractivity contribution in [3.8, 4) is 0 Å². The molecule has 0 amide bonds. The molecule has 106 valence electrons. The Balaban J connectivity index is 1.77. The molecule has 1 aliphatic heterocycles. The van der Waals surface area contributed by atoms with Gasteiger partial charge >= 0.3 is 0 Å². The maximum atomic E-state index is 3.73. The number of aryl methyl sites for hydroxylation is 2. The van der Waals surface area contributed by atoms with E-state index in [9.17, 15) is 0 Å². The molecule has 1 aliphatic rings. The standard InChI is InChI=1S/C17H28N2/c1-4-9-19-10-7-17(8-11-19)18-13-16-6-5-14(2)12-15(16)3/h5-6,12,17-18H,4,7-11,13H2,1-3H3. The van der Waals surface area contributed by atoms with E-state index in [0.717, 1.165) is 6.54 Å². The van der Waals surface area contributed by atoms with Gasteiger partial charge in [0, 0.05) is 12.6 Å². The minimum Gasteiger partial charge on any atom is -0.310 e. The zero-order chi connectivity index (χ0) is 13.7. The van der Waals surface area contributed by atoms with Crippen LogP contribution in [-0.2, 0) is 6.54 Å². The van der Waals surface area contributed by atoms with Gasteiger partial charge in [-0.3, -0.25) is 0 Å². The van der Waals surface area contributed by atoms with Gasteiger partial charge in [-0.25, -0.2) is 0 Å². The molecule has 1 heterocycles. The van der Waals surface area contributed by atoms with Crippen LogP contribution in [0, 0.1) is 13.8 Å². The van der Waals surface area contributed by atoms with Crippen molar-refractivity contribution in [2.45, 2.75) is 52.6 Å². The molecule has 0 aromatic heterocycles. The van der Waals surface area contributed by atoms with Crippen LogP contribution in [-0.4, -0.2) is 30.6 Å². The predicted molar refractivity (Wildman–Crippen MR) is 82.5 cm³/mol. The topological polar surface area (TPSA) is 15.3 Å². The summed E-state index contributed by atoms with van der Waals surface area (Å²) < 4.78 is 0. The first kappa shape index (κ1) is 14.5. The molecule has 0 atom stereocenters. The SMILES string of the molecule is CCCN1CCC(NCc2ccc(C)cc2C)CC1. The largest absolute Gasteiger partial charge is 0.310 e. The quantitative estimate of drug-likeness (QED) is 0.874. The zero-order valence-corrected chi connectivity index (χ0v) is 12.7. The van der Waals surface area contributed by atoms with Gasteiger partial charge in [0.25, 0.3) is 0 Å². The highest BCUT2D eigenvalue weighted by molar-refractivity contribution is 5.30. The summed E-state index contributed by atoms with van der Waals surface area (Å²) in [4.78, 5) is 2.59. The van der Waals surface area contributed by atoms with Crippen molar-refractivity contribution < 1.29 is 0 Å². The normalized spacial score (nSPS) is 17.8. The average Bonchev–Trinajstić information content (AvgIpc) is 2.40. The molecule has 1 N–H and O–H groups in total. The van der Waals surface area contributed by atoms with E-state index in [1.54, 1.807) is 0 Å². The Bertz CT molecular complexity index is 392. The van der Waals surface area contributed by atoms with Crippen LogP contribution in [0.5, 0.6) is 0 Å². The second-order valence-corrected chi connectivity index (χ2v) is 5.93. The summed E-state index contributed by atoms with van der Waals surface area (Å²) in [5.74, 6) is 0. The zero-order valence-electron chi connectivity index (χ0n) is 12.7. The van der Waals surface area contributed by atoms with E-state index in [1.165, 1.54) is 55.6 Å². The van der Waals surface area contributed by atoms with Crippen LogP contribution >= 0.6 is 0 Å². The Morgan fingerprint density at radius 3 is 2.58 bits per heavy atom. The van der Waals surface area contributed by atoms with Gasteiger partial charge in [-0.2, -0.15) is 0 Å². The average molecular weight is 260 g/mol. The van der Waals surface area contributed by atoms with Gasteiger partial charge in [0.05, 0.1) is 0 Å². The molecule has 0 radical (unpaired) electrons. The summed E-state index contributed by atoms with van der Waals surface area (Å²) in [5, 5.41) is 3.73. The van der Waals surface area contributed by atoms with Crippen molar-refractivity contribution in [3.63, 3.8) is 0 Å². The molecule has 0 bridgehead atoms. The van der Waals surface area contributed by atoms with Crippen LogP contribution < -0.4 is 5.32 Å². The number of piperidine rings is 1.